The number of hydrogen-bond donors (Lipinski definition) is 0. The first-order valence-electron chi connectivity index (χ1n) is 14.0. The highest BCUT2D eigenvalue weighted by Crippen LogP contribution is 2.37. The Hall–Kier alpha value is -2.72. The standard InChI is InChI=1S/C34H42O/c1-3-5-7-8-24-35-34-23-22-32-25-29(16-21-33(32)26-34)11-10-28-14-19-31(20-15-28)30-17-12-27(13-18-30)9-6-4-2/h14-16,19-23,25-27,30H,3-9,12-13,17-18,24H2,1-2H3/t27-,30-. The predicted molar refractivity (Wildman–Crippen MR) is 150 cm³/mol. The van der Waals surface area contributed by atoms with Crippen LogP contribution in [0, 0.1) is 17.8 Å². The van der Waals surface area contributed by atoms with Crippen molar-refractivity contribution in [1.82, 2.24) is 0 Å². The zero-order valence-corrected chi connectivity index (χ0v) is 21.8. The van der Waals surface area contributed by atoms with Crippen molar-refractivity contribution in [2.45, 2.75) is 90.4 Å². The van der Waals surface area contributed by atoms with E-state index in [0.29, 0.717) is 0 Å². The smallest absolute Gasteiger partial charge is 0.119 e. The number of fused-ring (bicyclic) bond motifs is 1. The molecule has 4 rings (SSSR count). The Bertz CT molecular complexity index is 1110. The predicted octanol–water partition coefficient (Wildman–Crippen LogP) is 9.66. The van der Waals surface area contributed by atoms with Gasteiger partial charge in [-0.2, -0.15) is 0 Å². The van der Waals surface area contributed by atoms with Crippen molar-refractivity contribution in [3.05, 3.63) is 77.4 Å². The van der Waals surface area contributed by atoms with Gasteiger partial charge < -0.3 is 4.74 Å². The summed E-state index contributed by atoms with van der Waals surface area (Å²) in [6.07, 6.45) is 14.6. The Morgan fingerprint density at radius 3 is 2.14 bits per heavy atom. The molecule has 1 aliphatic carbocycles. The molecule has 0 saturated heterocycles. The molecule has 1 nitrogen and oxygen atoms in total. The lowest BCUT2D eigenvalue weighted by atomic mass is 9.77. The molecule has 3 aromatic carbocycles. The topological polar surface area (TPSA) is 9.23 Å². The van der Waals surface area contributed by atoms with E-state index in [1.54, 1.807) is 0 Å². The zero-order chi connectivity index (χ0) is 24.3. The van der Waals surface area contributed by atoms with Gasteiger partial charge in [0, 0.05) is 11.1 Å². The molecule has 0 N–H and O–H groups in total. The maximum absolute atomic E-state index is 5.94. The van der Waals surface area contributed by atoms with Gasteiger partial charge in [0.05, 0.1) is 6.61 Å². The summed E-state index contributed by atoms with van der Waals surface area (Å²) < 4.78 is 5.94. The normalized spacial score (nSPS) is 17.7. The fourth-order valence-electron chi connectivity index (χ4n) is 5.37. The lowest BCUT2D eigenvalue weighted by Crippen LogP contribution is -2.13. The van der Waals surface area contributed by atoms with Crippen molar-refractivity contribution >= 4 is 10.8 Å². The van der Waals surface area contributed by atoms with E-state index in [4.69, 9.17) is 4.74 Å². The van der Waals surface area contributed by atoms with Gasteiger partial charge in [0.1, 0.15) is 5.75 Å². The Labute approximate surface area is 213 Å². The van der Waals surface area contributed by atoms with Crippen LogP contribution in [-0.2, 0) is 0 Å². The van der Waals surface area contributed by atoms with E-state index in [-0.39, 0.29) is 0 Å². The molecule has 1 aliphatic rings. The van der Waals surface area contributed by atoms with Gasteiger partial charge in [-0.1, -0.05) is 88.5 Å². The van der Waals surface area contributed by atoms with Crippen LogP contribution >= 0.6 is 0 Å². The first kappa shape index (κ1) is 25.4. The number of unbranched alkanes of at least 4 members (excludes halogenated alkanes) is 4. The summed E-state index contributed by atoms with van der Waals surface area (Å²) in [5.74, 6) is 9.39. The molecule has 1 heteroatoms. The number of ether oxygens (including phenoxy) is 1. The minimum Gasteiger partial charge on any atom is -0.494 e. The number of hydrogen-bond acceptors (Lipinski definition) is 1. The van der Waals surface area contributed by atoms with Crippen LogP contribution in [-0.4, -0.2) is 6.61 Å². The van der Waals surface area contributed by atoms with Gasteiger partial charge in [0.25, 0.3) is 0 Å². The van der Waals surface area contributed by atoms with E-state index in [0.717, 1.165) is 41.7 Å². The Balaban J connectivity index is 1.32. The maximum atomic E-state index is 5.94. The minimum atomic E-state index is 0.737. The van der Waals surface area contributed by atoms with Gasteiger partial charge in [-0.25, -0.2) is 0 Å². The number of rotatable bonds is 10. The van der Waals surface area contributed by atoms with Crippen LogP contribution in [0.2, 0.25) is 0 Å². The molecule has 0 bridgehead atoms. The summed E-state index contributed by atoms with van der Waals surface area (Å²) in [6, 6.07) is 21.9. The molecule has 35 heavy (non-hydrogen) atoms. The summed E-state index contributed by atoms with van der Waals surface area (Å²) in [6.45, 7) is 5.34. The van der Waals surface area contributed by atoms with Crippen LogP contribution in [0.15, 0.2) is 60.7 Å². The van der Waals surface area contributed by atoms with Gasteiger partial charge in [-0.15, -0.1) is 0 Å². The van der Waals surface area contributed by atoms with Crippen LogP contribution in [0.25, 0.3) is 10.8 Å². The van der Waals surface area contributed by atoms with Crippen molar-refractivity contribution in [2.75, 3.05) is 6.61 Å². The molecule has 184 valence electrons. The molecule has 0 unspecified atom stereocenters. The molecule has 1 saturated carbocycles. The van der Waals surface area contributed by atoms with E-state index in [1.165, 1.54) is 80.5 Å². The van der Waals surface area contributed by atoms with Crippen molar-refractivity contribution in [1.29, 1.82) is 0 Å². The fourth-order valence-corrected chi connectivity index (χ4v) is 5.37. The van der Waals surface area contributed by atoms with E-state index in [2.05, 4.69) is 86.4 Å². The largest absolute Gasteiger partial charge is 0.494 e. The molecule has 0 radical (unpaired) electrons. The SMILES string of the molecule is CCCCCCOc1ccc2cc(C#Cc3ccc([C@H]4CC[C@H](CCCC)CC4)cc3)ccc2c1. The molecule has 3 aromatic rings. The number of benzene rings is 3. The van der Waals surface area contributed by atoms with Gasteiger partial charge >= 0.3 is 0 Å². The first-order valence-corrected chi connectivity index (χ1v) is 14.0. The molecular weight excluding hydrogens is 424 g/mol. The van der Waals surface area contributed by atoms with Gasteiger partial charge in [-0.3, -0.25) is 0 Å². The Kier molecular flexibility index (Phi) is 9.71. The summed E-state index contributed by atoms with van der Waals surface area (Å²) >= 11 is 0. The van der Waals surface area contributed by atoms with E-state index >= 15 is 0 Å². The third kappa shape index (κ3) is 7.63. The van der Waals surface area contributed by atoms with Crippen molar-refractivity contribution in [3.8, 4) is 17.6 Å². The zero-order valence-electron chi connectivity index (χ0n) is 21.8. The van der Waals surface area contributed by atoms with E-state index in [1.807, 2.05) is 0 Å². The van der Waals surface area contributed by atoms with Crippen LogP contribution in [0.1, 0.15) is 107 Å². The molecule has 0 aliphatic heterocycles. The molecular formula is C34H42O. The summed E-state index contributed by atoms with van der Waals surface area (Å²) in [7, 11) is 0. The second-order valence-corrected chi connectivity index (χ2v) is 10.4. The third-order valence-electron chi connectivity index (χ3n) is 7.62. The van der Waals surface area contributed by atoms with Crippen LogP contribution in [0.4, 0.5) is 0 Å². The quantitative estimate of drug-likeness (QED) is 0.213. The lowest BCUT2D eigenvalue weighted by Gasteiger charge is -2.28. The average Bonchev–Trinajstić information content (AvgIpc) is 2.91. The third-order valence-corrected chi connectivity index (χ3v) is 7.62. The fraction of sp³-hybridized carbons (Fsp3) is 0.471. The molecule has 0 aromatic heterocycles. The van der Waals surface area contributed by atoms with Gasteiger partial charge in [0.2, 0.25) is 0 Å². The van der Waals surface area contributed by atoms with Crippen LogP contribution in [0.5, 0.6) is 5.75 Å². The average molecular weight is 467 g/mol. The molecule has 0 spiro atoms. The highest BCUT2D eigenvalue weighted by molar-refractivity contribution is 5.85. The molecule has 0 heterocycles. The molecule has 1 fully saturated rings. The molecule has 0 amide bonds. The van der Waals surface area contributed by atoms with Crippen molar-refractivity contribution in [3.63, 3.8) is 0 Å². The maximum Gasteiger partial charge on any atom is 0.119 e. The minimum absolute atomic E-state index is 0.737. The van der Waals surface area contributed by atoms with Crippen molar-refractivity contribution in [2.24, 2.45) is 5.92 Å². The first-order chi connectivity index (χ1) is 17.2. The second-order valence-electron chi connectivity index (χ2n) is 10.4. The summed E-state index contributed by atoms with van der Waals surface area (Å²) in [5.41, 5.74) is 3.65. The summed E-state index contributed by atoms with van der Waals surface area (Å²) in [5, 5.41) is 2.41. The Morgan fingerprint density at radius 2 is 1.37 bits per heavy atom. The molecule has 0 atom stereocenters. The van der Waals surface area contributed by atoms with Crippen LogP contribution < -0.4 is 4.74 Å². The van der Waals surface area contributed by atoms with Crippen molar-refractivity contribution < 1.29 is 4.74 Å². The van der Waals surface area contributed by atoms with Gasteiger partial charge in [0.15, 0.2) is 0 Å². The van der Waals surface area contributed by atoms with E-state index < -0.39 is 0 Å². The summed E-state index contributed by atoms with van der Waals surface area (Å²) in [4.78, 5) is 0. The Morgan fingerprint density at radius 1 is 0.686 bits per heavy atom. The highest BCUT2D eigenvalue weighted by Gasteiger charge is 2.21. The highest BCUT2D eigenvalue weighted by atomic mass is 16.5. The lowest BCUT2D eigenvalue weighted by molar-refractivity contribution is 0.304. The van der Waals surface area contributed by atoms with E-state index in [9.17, 15) is 0 Å². The van der Waals surface area contributed by atoms with Crippen LogP contribution in [0.3, 0.4) is 0 Å². The second kappa shape index (κ2) is 13.4. The van der Waals surface area contributed by atoms with Gasteiger partial charge in [-0.05, 0) is 96.7 Å². The monoisotopic (exact) mass is 466 g/mol.